The van der Waals surface area contributed by atoms with Crippen LogP contribution in [0.5, 0.6) is 0 Å². The fourth-order valence-electron chi connectivity index (χ4n) is 8.16. The van der Waals surface area contributed by atoms with E-state index in [1.165, 1.54) is 47.8 Å². The van der Waals surface area contributed by atoms with E-state index in [-0.39, 0.29) is 0 Å². The molecule has 0 aliphatic heterocycles. The Bertz CT molecular complexity index is 3260. The van der Waals surface area contributed by atoms with Gasteiger partial charge in [-0.15, -0.1) is 11.3 Å². The van der Waals surface area contributed by atoms with Gasteiger partial charge in [-0.05, 0) is 61.0 Å². The van der Waals surface area contributed by atoms with Gasteiger partial charge in [-0.1, -0.05) is 194 Å². The predicted octanol–water partition coefficient (Wildman–Crippen LogP) is 14.5. The van der Waals surface area contributed by atoms with Crippen LogP contribution in [0.4, 0.5) is 0 Å². The molecular weight excluding hydrogens is 711 g/mol. The molecule has 11 aromatic rings. The van der Waals surface area contributed by atoms with Gasteiger partial charge in [0, 0.05) is 36.9 Å². The summed E-state index contributed by atoms with van der Waals surface area (Å²) in [6.07, 6.45) is 0. The first-order valence-corrected chi connectivity index (χ1v) is 20.0. The van der Waals surface area contributed by atoms with E-state index in [0.717, 1.165) is 44.0 Å². The van der Waals surface area contributed by atoms with Crippen molar-refractivity contribution in [1.29, 1.82) is 0 Å². The molecule has 2 aromatic heterocycles. The standard InChI is InChI=1S/C53H33N3S/c1-3-13-34(14-4-1)35-25-27-36(28-26-35)37-29-31-40(32-30-37)51-54-52(45-23-11-18-38-17-7-8-19-41(38)45)56-53(55-51)47-33-48-49(44-21-10-9-20-43(44)47)46-24-12-22-42(50(46)57-48)39-15-5-2-6-16-39/h1-33H. The summed E-state index contributed by atoms with van der Waals surface area (Å²) in [4.78, 5) is 15.8. The van der Waals surface area contributed by atoms with Crippen LogP contribution in [-0.2, 0) is 0 Å². The minimum atomic E-state index is 0.640. The maximum atomic E-state index is 5.31. The van der Waals surface area contributed by atoms with Crippen molar-refractivity contribution in [3.8, 4) is 67.5 Å². The van der Waals surface area contributed by atoms with E-state index in [1.54, 1.807) is 0 Å². The first-order chi connectivity index (χ1) is 28.2. The summed E-state index contributed by atoms with van der Waals surface area (Å²) >= 11 is 1.84. The van der Waals surface area contributed by atoms with Crippen molar-refractivity contribution in [2.75, 3.05) is 0 Å². The number of aromatic nitrogens is 3. The lowest BCUT2D eigenvalue weighted by Gasteiger charge is -2.13. The number of hydrogen-bond donors (Lipinski definition) is 0. The lowest BCUT2D eigenvalue weighted by molar-refractivity contribution is 1.08. The van der Waals surface area contributed by atoms with Crippen molar-refractivity contribution >= 4 is 53.1 Å². The second-order valence-electron chi connectivity index (χ2n) is 14.3. The average molecular weight is 744 g/mol. The third kappa shape index (κ3) is 5.86. The van der Waals surface area contributed by atoms with Gasteiger partial charge in [0.15, 0.2) is 17.5 Å². The molecule has 0 N–H and O–H groups in total. The quantitative estimate of drug-likeness (QED) is 0.170. The predicted molar refractivity (Wildman–Crippen MR) is 240 cm³/mol. The Kier molecular flexibility index (Phi) is 8.01. The molecule has 57 heavy (non-hydrogen) atoms. The van der Waals surface area contributed by atoms with Crippen LogP contribution in [0.25, 0.3) is 109 Å². The number of benzene rings is 9. The van der Waals surface area contributed by atoms with Crippen molar-refractivity contribution < 1.29 is 0 Å². The van der Waals surface area contributed by atoms with E-state index < -0.39 is 0 Å². The molecule has 0 saturated heterocycles. The van der Waals surface area contributed by atoms with Gasteiger partial charge >= 0.3 is 0 Å². The van der Waals surface area contributed by atoms with Gasteiger partial charge in [0.2, 0.25) is 0 Å². The Morgan fingerprint density at radius 2 is 0.772 bits per heavy atom. The zero-order valence-corrected chi connectivity index (χ0v) is 31.6. The van der Waals surface area contributed by atoms with Gasteiger partial charge in [0.1, 0.15) is 0 Å². The maximum absolute atomic E-state index is 5.31. The van der Waals surface area contributed by atoms with Crippen molar-refractivity contribution in [3.05, 3.63) is 200 Å². The van der Waals surface area contributed by atoms with E-state index >= 15 is 0 Å². The number of hydrogen-bond acceptors (Lipinski definition) is 4. The highest BCUT2D eigenvalue weighted by Crippen LogP contribution is 2.45. The van der Waals surface area contributed by atoms with Crippen LogP contribution < -0.4 is 0 Å². The zero-order chi connectivity index (χ0) is 37.7. The zero-order valence-electron chi connectivity index (χ0n) is 30.8. The fraction of sp³-hybridized carbons (Fsp3) is 0. The molecule has 0 radical (unpaired) electrons. The van der Waals surface area contributed by atoms with Crippen LogP contribution in [0.3, 0.4) is 0 Å². The van der Waals surface area contributed by atoms with Crippen molar-refractivity contribution in [3.63, 3.8) is 0 Å². The lowest BCUT2D eigenvalue weighted by Crippen LogP contribution is -2.01. The van der Waals surface area contributed by atoms with E-state index in [1.807, 2.05) is 17.4 Å². The SMILES string of the molecule is c1ccc(-c2ccc(-c3ccc(-c4nc(-c5cccc6ccccc56)nc(-c5cc6sc7c(-c8ccccc8)cccc7c6c6ccccc56)n4)cc3)cc2)cc1. The van der Waals surface area contributed by atoms with Crippen LogP contribution in [0.15, 0.2) is 200 Å². The highest BCUT2D eigenvalue weighted by Gasteiger charge is 2.20. The number of thiophene rings is 1. The fourth-order valence-corrected chi connectivity index (χ4v) is 9.45. The summed E-state index contributed by atoms with van der Waals surface area (Å²) in [5.41, 5.74) is 10.1. The van der Waals surface area contributed by atoms with Crippen molar-refractivity contribution in [1.82, 2.24) is 15.0 Å². The van der Waals surface area contributed by atoms with Crippen molar-refractivity contribution in [2.24, 2.45) is 0 Å². The van der Waals surface area contributed by atoms with Gasteiger partial charge in [0.05, 0.1) is 0 Å². The highest BCUT2D eigenvalue weighted by atomic mass is 32.1. The first-order valence-electron chi connectivity index (χ1n) is 19.2. The molecule has 0 amide bonds. The minimum Gasteiger partial charge on any atom is -0.208 e. The third-order valence-electron chi connectivity index (χ3n) is 11.0. The summed E-state index contributed by atoms with van der Waals surface area (Å²) in [6, 6.07) is 70.9. The Balaban J connectivity index is 1.09. The van der Waals surface area contributed by atoms with Gasteiger partial charge < -0.3 is 0 Å². The number of rotatable bonds is 6. The molecule has 0 unspecified atom stereocenters. The summed E-state index contributed by atoms with van der Waals surface area (Å²) in [6.45, 7) is 0. The molecule has 266 valence electrons. The summed E-state index contributed by atoms with van der Waals surface area (Å²) in [5.74, 6) is 1.95. The third-order valence-corrected chi connectivity index (χ3v) is 12.2. The summed E-state index contributed by atoms with van der Waals surface area (Å²) in [7, 11) is 0. The molecule has 0 aliphatic rings. The number of fused-ring (bicyclic) bond motifs is 6. The van der Waals surface area contributed by atoms with Crippen molar-refractivity contribution in [2.45, 2.75) is 0 Å². The van der Waals surface area contributed by atoms with Gasteiger partial charge in [0.25, 0.3) is 0 Å². The van der Waals surface area contributed by atoms with Gasteiger partial charge in [-0.2, -0.15) is 0 Å². The Hall–Kier alpha value is -7.27. The minimum absolute atomic E-state index is 0.640. The normalized spacial score (nSPS) is 11.5. The van der Waals surface area contributed by atoms with Crippen LogP contribution in [0.1, 0.15) is 0 Å². The Morgan fingerprint density at radius 3 is 1.47 bits per heavy atom. The van der Waals surface area contributed by atoms with Gasteiger partial charge in [-0.3, -0.25) is 0 Å². The molecule has 0 fully saturated rings. The maximum Gasteiger partial charge on any atom is 0.164 e. The van der Waals surface area contributed by atoms with Crippen LogP contribution in [0.2, 0.25) is 0 Å². The van der Waals surface area contributed by atoms with Crippen LogP contribution >= 0.6 is 11.3 Å². The molecule has 2 heterocycles. The van der Waals surface area contributed by atoms with Crippen LogP contribution in [-0.4, -0.2) is 15.0 Å². The molecule has 0 bridgehead atoms. The molecular formula is C53H33N3S. The molecule has 11 rings (SSSR count). The Labute approximate surface area is 334 Å². The van der Waals surface area contributed by atoms with E-state index in [0.29, 0.717) is 17.5 Å². The molecule has 0 atom stereocenters. The topological polar surface area (TPSA) is 38.7 Å². The molecule has 0 aliphatic carbocycles. The monoisotopic (exact) mass is 743 g/mol. The van der Waals surface area contributed by atoms with Crippen LogP contribution in [0, 0.1) is 0 Å². The largest absolute Gasteiger partial charge is 0.208 e. The molecule has 0 saturated carbocycles. The first kappa shape index (κ1) is 33.1. The van der Waals surface area contributed by atoms with E-state index in [4.69, 9.17) is 15.0 Å². The number of nitrogens with zero attached hydrogens (tertiary/aromatic N) is 3. The smallest absolute Gasteiger partial charge is 0.164 e. The molecule has 4 heteroatoms. The summed E-state index contributed by atoms with van der Waals surface area (Å²) < 4.78 is 2.49. The average Bonchev–Trinajstić information content (AvgIpc) is 3.68. The second kappa shape index (κ2) is 13.8. The second-order valence-corrected chi connectivity index (χ2v) is 15.4. The van der Waals surface area contributed by atoms with E-state index in [9.17, 15) is 0 Å². The highest BCUT2D eigenvalue weighted by molar-refractivity contribution is 7.26. The molecule has 0 spiro atoms. The van der Waals surface area contributed by atoms with E-state index in [2.05, 4.69) is 194 Å². The lowest BCUT2D eigenvalue weighted by atomic mass is 9.97. The summed E-state index contributed by atoms with van der Waals surface area (Å²) in [5, 5.41) is 7.09. The molecule has 9 aromatic carbocycles. The molecule has 3 nitrogen and oxygen atoms in total. The Morgan fingerprint density at radius 1 is 0.298 bits per heavy atom. The van der Waals surface area contributed by atoms with Gasteiger partial charge in [-0.25, -0.2) is 15.0 Å².